The molecule has 0 radical (unpaired) electrons. The minimum Gasteiger partial charge on any atom is -0.504 e. The maximum Gasteiger partial charge on any atom is 0.335 e. The fraction of sp³-hybridized carbons (Fsp3) is 0.190. The number of halogens is 1. The summed E-state index contributed by atoms with van der Waals surface area (Å²) in [6.45, 7) is 1.97. The largest absolute Gasteiger partial charge is 0.504 e. The summed E-state index contributed by atoms with van der Waals surface area (Å²) < 4.78 is 5.85. The number of hydrogen-bond acceptors (Lipinski definition) is 5. The normalized spacial score (nSPS) is 15.0. The summed E-state index contributed by atoms with van der Waals surface area (Å²) in [5, 5.41) is 25.3. The standard InChI is InChI=1S/C21H19BrN2O5/c1-3-5-17-16(10-13-8-14(22)11-18(29-2)19(13)25)20(26)24(23-17)15-7-4-6-12(9-15)21(27)28/h4,6-11,25H,3,5H2,1-2H3,(H,27,28). The molecule has 8 heteroatoms. The molecule has 2 aromatic carbocycles. The molecule has 0 fully saturated rings. The smallest absolute Gasteiger partial charge is 0.335 e. The molecule has 0 aliphatic carbocycles. The summed E-state index contributed by atoms with van der Waals surface area (Å²) in [5.41, 5.74) is 1.74. The maximum atomic E-state index is 13.1. The van der Waals surface area contributed by atoms with E-state index in [4.69, 9.17) is 4.74 Å². The van der Waals surface area contributed by atoms with Crippen LogP contribution in [0.2, 0.25) is 0 Å². The molecule has 29 heavy (non-hydrogen) atoms. The Bertz CT molecular complexity index is 1050. The number of phenolic OH excluding ortho intramolecular Hbond substituents is 1. The van der Waals surface area contributed by atoms with Crippen molar-refractivity contribution >= 4 is 45.3 Å². The number of carboxylic acids is 1. The molecule has 2 aromatic rings. The number of aromatic hydroxyl groups is 1. The topological polar surface area (TPSA) is 99.4 Å². The van der Waals surface area contributed by atoms with E-state index < -0.39 is 11.9 Å². The Balaban J connectivity index is 2.07. The molecular formula is C21H19BrN2O5. The Morgan fingerprint density at radius 2 is 2.07 bits per heavy atom. The number of hydrogen-bond donors (Lipinski definition) is 2. The summed E-state index contributed by atoms with van der Waals surface area (Å²) in [4.78, 5) is 24.4. The Hall–Kier alpha value is -3.13. The Morgan fingerprint density at radius 1 is 1.31 bits per heavy atom. The van der Waals surface area contributed by atoms with Crippen LogP contribution in [0.1, 0.15) is 35.7 Å². The molecule has 1 heterocycles. The number of aromatic carboxylic acids is 1. The van der Waals surface area contributed by atoms with Crippen LogP contribution in [0, 0.1) is 0 Å². The summed E-state index contributed by atoms with van der Waals surface area (Å²) >= 11 is 3.37. The van der Waals surface area contributed by atoms with Gasteiger partial charge in [-0.1, -0.05) is 35.3 Å². The van der Waals surface area contributed by atoms with Crippen molar-refractivity contribution < 1.29 is 24.5 Å². The van der Waals surface area contributed by atoms with Crippen LogP contribution in [-0.4, -0.2) is 34.9 Å². The summed E-state index contributed by atoms with van der Waals surface area (Å²) in [5.74, 6) is -1.29. The van der Waals surface area contributed by atoms with Crippen LogP contribution < -0.4 is 9.75 Å². The molecule has 1 amide bonds. The van der Waals surface area contributed by atoms with Gasteiger partial charge in [0.1, 0.15) is 0 Å². The highest BCUT2D eigenvalue weighted by atomic mass is 79.9. The minimum absolute atomic E-state index is 0.0642. The van der Waals surface area contributed by atoms with E-state index in [9.17, 15) is 19.8 Å². The van der Waals surface area contributed by atoms with E-state index in [1.54, 1.807) is 30.3 Å². The third kappa shape index (κ3) is 4.17. The Kier molecular flexibility index (Phi) is 6.03. The van der Waals surface area contributed by atoms with Gasteiger partial charge in [-0.25, -0.2) is 4.79 Å². The molecular weight excluding hydrogens is 440 g/mol. The fourth-order valence-corrected chi connectivity index (χ4v) is 3.44. The number of ether oxygens (including phenoxy) is 1. The molecule has 0 bridgehead atoms. The van der Waals surface area contributed by atoms with Gasteiger partial charge in [0.2, 0.25) is 0 Å². The van der Waals surface area contributed by atoms with Gasteiger partial charge in [-0.05, 0) is 42.8 Å². The molecule has 7 nitrogen and oxygen atoms in total. The molecule has 0 saturated carbocycles. The van der Waals surface area contributed by atoms with Crippen LogP contribution in [-0.2, 0) is 4.79 Å². The lowest BCUT2D eigenvalue weighted by Crippen LogP contribution is -2.21. The number of amides is 1. The van der Waals surface area contributed by atoms with E-state index in [-0.39, 0.29) is 17.1 Å². The number of carbonyl (C=O) groups excluding carboxylic acids is 1. The second kappa shape index (κ2) is 8.48. The van der Waals surface area contributed by atoms with Crippen molar-refractivity contribution in [3.8, 4) is 11.5 Å². The molecule has 0 unspecified atom stereocenters. The van der Waals surface area contributed by atoms with Crippen molar-refractivity contribution in [3.05, 3.63) is 57.6 Å². The van der Waals surface area contributed by atoms with Crippen LogP contribution in [0.25, 0.3) is 6.08 Å². The molecule has 3 rings (SSSR count). The van der Waals surface area contributed by atoms with Gasteiger partial charge in [0, 0.05) is 10.0 Å². The molecule has 1 aliphatic heterocycles. The molecule has 0 saturated heterocycles. The van der Waals surface area contributed by atoms with Gasteiger partial charge < -0.3 is 14.9 Å². The Labute approximate surface area is 176 Å². The van der Waals surface area contributed by atoms with Crippen LogP contribution in [0.5, 0.6) is 11.5 Å². The van der Waals surface area contributed by atoms with Crippen LogP contribution in [0.15, 0.2) is 51.5 Å². The van der Waals surface area contributed by atoms with Crippen molar-refractivity contribution in [3.63, 3.8) is 0 Å². The van der Waals surface area contributed by atoms with E-state index in [0.717, 1.165) is 6.42 Å². The van der Waals surface area contributed by atoms with E-state index in [1.807, 2.05) is 6.92 Å². The van der Waals surface area contributed by atoms with Gasteiger partial charge >= 0.3 is 5.97 Å². The summed E-state index contributed by atoms with van der Waals surface area (Å²) in [6, 6.07) is 9.34. The number of rotatable bonds is 6. The molecule has 0 atom stereocenters. The lowest BCUT2D eigenvalue weighted by molar-refractivity contribution is -0.114. The summed E-state index contributed by atoms with van der Waals surface area (Å²) in [7, 11) is 1.44. The number of methoxy groups -OCH3 is 1. The third-order valence-corrected chi connectivity index (χ3v) is 4.83. The number of nitrogens with zero attached hydrogens (tertiary/aromatic N) is 2. The molecule has 150 valence electrons. The quantitative estimate of drug-likeness (QED) is 0.622. The highest BCUT2D eigenvalue weighted by Gasteiger charge is 2.31. The molecule has 0 aromatic heterocycles. The van der Waals surface area contributed by atoms with Crippen molar-refractivity contribution in [1.29, 1.82) is 0 Å². The van der Waals surface area contributed by atoms with Crippen molar-refractivity contribution in [1.82, 2.24) is 0 Å². The highest BCUT2D eigenvalue weighted by molar-refractivity contribution is 9.10. The van der Waals surface area contributed by atoms with Crippen molar-refractivity contribution in [2.24, 2.45) is 5.10 Å². The average Bonchev–Trinajstić information content (AvgIpc) is 3.00. The van der Waals surface area contributed by atoms with Crippen molar-refractivity contribution in [2.45, 2.75) is 19.8 Å². The van der Waals surface area contributed by atoms with Crippen LogP contribution in [0.3, 0.4) is 0 Å². The molecule has 0 spiro atoms. The van der Waals surface area contributed by atoms with Crippen LogP contribution in [0.4, 0.5) is 5.69 Å². The molecule has 1 aliphatic rings. The maximum absolute atomic E-state index is 13.1. The second-order valence-electron chi connectivity index (χ2n) is 6.37. The lowest BCUT2D eigenvalue weighted by atomic mass is 10.0. The van der Waals surface area contributed by atoms with Gasteiger partial charge in [0.15, 0.2) is 11.5 Å². The average molecular weight is 459 g/mol. The van der Waals surface area contributed by atoms with E-state index in [0.29, 0.717) is 33.4 Å². The van der Waals surface area contributed by atoms with E-state index >= 15 is 0 Å². The van der Waals surface area contributed by atoms with Gasteiger partial charge in [-0.15, -0.1) is 0 Å². The number of anilines is 1. The first-order chi connectivity index (χ1) is 13.8. The monoisotopic (exact) mass is 458 g/mol. The molecule has 2 N–H and O–H groups in total. The van der Waals surface area contributed by atoms with E-state index in [2.05, 4.69) is 21.0 Å². The number of carbonyl (C=O) groups is 2. The third-order valence-electron chi connectivity index (χ3n) is 4.37. The number of benzene rings is 2. The predicted molar refractivity (Wildman–Crippen MR) is 114 cm³/mol. The first kappa shape index (κ1) is 20.6. The van der Waals surface area contributed by atoms with Gasteiger partial charge in [-0.3, -0.25) is 4.79 Å². The van der Waals surface area contributed by atoms with Gasteiger partial charge in [-0.2, -0.15) is 10.1 Å². The number of hydrazone groups is 1. The Morgan fingerprint density at radius 3 is 2.72 bits per heavy atom. The first-order valence-corrected chi connectivity index (χ1v) is 9.68. The minimum atomic E-state index is -1.09. The zero-order chi connectivity index (χ0) is 21.1. The van der Waals surface area contributed by atoms with Crippen molar-refractivity contribution in [2.75, 3.05) is 12.1 Å². The number of carboxylic acid groups (broad SMARTS) is 1. The van der Waals surface area contributed by atoms with E-state index in [1.165, 1.54) is 24.3 Å². The van der Waals surface area contributed by atoms with Gasteiger partial charge in [0.25, 0.3) is 5.91 Å². The van der Waals surface area contributed by atoms with Crippen LogP contribution >= 0.6 is 15.9 Å². The predicted octanol–water partition coefficient (Wildman–Crippen LogP) is 4.45. The summed E-state index contributed by atoms with van der Waals surface area (Å²) in [6.07, 6.45) is 2.89. The number of phenols is 1. The van der Waals surface area contributed by atoms with Gasteiger partial charge in [0.05, 0.1) is 29.6 Å². The zero-order valence-electron chi connectivity index (χ0n) is 15.8. The second-order valence-corrected chi connectivity index (χ2v) is 7.29. The SMILES string of the molecule is CCCC1=NN(c2cccc(C(=O)O)c2)C(=O)C1=Cc1cc(Br)cc(OC)c1O. The first-order valence-electron chi connectivity index (χ1n) is 8.89. The highest BCUT2D eigenvalue weighted by Crippen LogP contribution is 2.36. The fourth-order valence-electron chi connectivity index (χ4n) is 2.99. The lowest BCUT2D eigenvalue weighted by Gasteiger charge is -2.12. The zero-order valence-corrected chi connectivity index (χ0v) is 17.4.